The van der Waals surface area contributed by atoms with Gasteiger partial charge >= 0.3 is 6.18 Å². The van der Waals surface area contributed by atoms with Gasteiger partial charge in [-0.15, -0.1) is 0 Å². The van der Waals surface area contributed by atoms with Crippen LogP contribution >= 0.6 is 22.6 Å². The number of rotatable bonds is 2. The van der Waals surface area contributed by atoms with Crippen LogP contribution in [-0.2, 0) is 6.18 Å². The highest BCUT2D eigenvalue weighted by Crippen LogP contribution is 2.36. The van der Waals surface area contributed by atoms with Gasteiger partial charge in [0.1, 0.15) is 0 Å². The molecule has 0 aliphatic heterocycles. The van der Waals surface area contributed by atoms with Gasteiger partial charge in [-0.05, 0) is 46.9 Å². The Labute approximate surface area is 146 Å². The third kappa shape index (κ3) is 2.66. The Kier molecular flexibility index (Phi) is 3.86. The Bertz CT molecular complexity index is 967. The third-order valence-electron chi connectivity index (χ3n) is 3.33. The summed E-state index contributed by atoms with van der Waals surface area (Å²) in [7, 11) is 0. The molecule has 0 bridgehead atoms. The highest BCUT2D eigenvalue weighted by molar-refractivity contribution is 14.1. The van der Waals surface area contributed by atoms with Gasteiger partial charge in [-0.3, -0.25) is 4.79 Å². The molecule has 0 radical (unpaired) electrons. The number of fused-ring (bicyclic) bond motifs is 1. The van der Waals surface area contributed by atoms with E-state index >= 15 is 0 Å². The van der Waals surface area contributed by atoms with Crippen molar-refractivity contribution in [1.29, 1.82) is 0 Å². The van der Waals surface area contributed by atoms with Crippen molar-refractivity contribution >= 4 is 45.2 Å². The summed E-state index contributed by atoms with van der Waals surface area (Å²) in [4.78, 5) is 15.2. The number of nitrogen functional groups attached to an aromatic ring is 1. The van der Waals surface area contributed by atoms with Gasteiger partial charge in [-0.2, -0.15) is 18.3 Å². The number of nitrogens with two attached hydrogens (primary N) is 2. The quantitative estimate of drug-likeness (QED) is 0.466. The van der Waals surface area contributed by atoms with Gasteiger partial charge in [-0.1, -0.05) is 0 Å². The number of hydrogen-bond donors (Lipinski definition) is 2. The summed E-state index contributed by atoms with van der Waals surface area (Å²) in [6.07, 6.45) is -3.24. The highest BCUT2D eigenvalue weighted by Gasteiger charge is 2.38. The van der Waals surface area contributed by atoms with Crippen LogP contribution in [0.2, 0.25) is 0 Å². The van der Waals surface area contributed by atoms with Gasteiger partial charge in [-0.25, -0.2) is 9.67 Å². The van der Waals surface area contributed by atoms with Crippen LogP contribution in [0.1, 0.15) is 16.1 Å². The molecule has 0 saturated carbocycles. The molecule has 3 aromatic rings. The van der Waals surface area contributed by atoms with Gasteiger partial charge < -0.3 is 11.5 Å². The van der Waals surface area contributed by atoms with Crippen LogP contribution in [-0.4, -0.2) is 20.7 Å². The molecule has 0 atom stereocenters. The zero-order chi connectivity index (χ0) is 17.6. The van der Waals surface area contributed by atoms with Crippen LogP contribution in [0, 0.1) is 3.57 Å². The number of benzene rings is 1. The molecule has 1 amide bonds. The van der Waals surface area contributed by atoms with E-state index in [1.807, 2.05) is 0 Å². The largest absolute Gasteiger partial charge is 0.435 e. The monoisotopic (exact) mass is 447 g/mol. The number of hydrogen-bond acceptors (Lipinski definition) is 4. The van der Waals surface area contributed by atoms with Gasteiger partial charge in [0.25, 0.3) is 5.91 Å². The summed E-state index contributed by atoms with van der Waals surface area (Å²) in [5.74, 6) is -0.729. The summed E-state index contributed by atoms with van der Waals surface area (Å²) >= 11 is 1.80. The molecule has 0 aliphatic carbocycles. The minimum atomic E-state index is -4.63. The number of nitrogens with zero attached hydrogens (tertiary/aromatic N) is 3. The van der Waals surface area contributed by atoms with Crippen molar-refractivity contribution in [2.75, 3.05) is 5.73 Å². The summed E-state index contributed by atoms with van der Waals surface area (Å²) in [6.45, 7) is 0. The fourth-order valence-corrected chi connectivity index (χ4v) is 2.95. The van der Waals surface area contributed by atoms with Crippen LogP contribution in [0.3, 0.4) is 0 Å². The first-order chi connectivity index (χ1) is 11.2. The lowest BCUT2D eigenvalue weighted by atomic mass is 10.1. The van der Waals surface area contributed by atoms with Crippen LogP contribution in [0.4, 0.5) is 18.9 Å². The molecule has 1 aromatic carbocycles. The third-order valence-corrected chi connectivity index (χ3v) is 4.23. The maximum Gasteiger partial charge on any atom is 0.435 e. The molecule has 3 rings (SSSR count). The van der Waals surface area contributed by atoms with Crippen molar-refractivity contribution in [2.24, 2.45) is 5.73 Å². The lowest BCUT2D eigenvalue weighted by Crippen LogP contribution is -2.14. The van der Waals surface area contributed by atoms with Gasteiger partial charge in [0, 0.05) is 15.5 Å². The number of pyridine rings is 1. The molecule has 2 heterocycles. The standard InChI is InChI=1S/C14H9F3IN5O/c15-14(16,17)11-10-8(18)3-4-21-13(10)23(22-11)6-1-2-7(12(20)24)9(19)5-6/h1-5H,19H2,(H2,20,24). The Hall–Kier alpha value is -2.37. The van der Waals surface area contributed by atoms with Crippen LogP contribution in [0.15, 0.2) is 30.5 Å². The molecule has 0 unspecified atom stereocenters. The highest BCUT2D eigenvalue weighted by atomic mass is 127. The minimum Gasteiger partial charge on any atom is -0.398 e. The number of aromatic nitrogens is 3. The number of halogens is 4. The molecular weight excluding hydrogens is 438 g/mol. The van der Waals surface area contributed by atoms with Crippen LogP contribution < -0.4 is 11.5 Å². The summed E-state index contributed by atoms with van der Waals surface area (Å²) in [5.41, 5.74) is 10.3. The van der Waals surface area contributed by atoms with Gasteiger partial charge in [0.15, 0.2) is 11.3 Å². The SMILES string of the molecule is NC(=O)c1ccc(-n2nc(C(F)(F)F)c3c(I)ccnc32)cc1N. The molecular formula is C14H9F3IN5O. The van der Waals surface area contributed by atoms with Crippen LogP contribution in [0.5, 0.6) is 0 Å². The number of alkyl halides is 3. The van der Waals surface area contributed by atoms with Crippen molar-refractivity contribution < 1.29 is 18.0 Å². The van der Waals surface area contributed by atoms with E-state index in [0.717, 1.165) is 4.68 Å². The number of carbonyl (C=O) groups excluding carboxylic acids is 1. The van der Waals surface area contributed by atoms with E-state index in [4.69, 9.17) is 11.5 Å². The molecule has 0 aliphatic rings. The molecule has 6 nitrogen and oxygen atoms in total. The number of amides is 1. The summed E-state index contributed by atoms with van der Waals surface area (Å²) in [5, 5.41) is 3.57. The van der Waals surface area contributed by atoms with Crippen LogP contribution in [0.25, 0.3) is 16.7 Å². The number of anilines is 1. The zero-order valence-electron chi connectivity index (χ0n) is 11.8. The van der Waals surface area contributed by atoms with E-state index in [-0.39, 0.29) is 28.0 Å². The fourth-order valence-electron chi connectivity index (χ4n) is 2.29. The van der Waals surface area contributed by atoms with E-state index in [2.05, 4.69) is 10.1 Å². The van der Waals surface area contributed by atoms with Crippen molar-refractivity contribution in [3.8, 4) is 5.69 Å². The Morgan fingerprint density at radius 2 is 1.96 bits per heavy atom. The topological polar surface area (TPSA) is 99.8 Å². The smallest absolute Gasteiger partial charge is 0.398 e. The molecule has 0 spiro atoms. The molecule has 24 heavy (non-hydrogen) atoms. The lowest BCUT2D eigenvalue weighted by molar-refractivity contribution is -0.140. The molecule has 4 N–H and O–H groups in total. The second kappa shape index (κ2) is 5.61. The summed E-state index contributed by atoms with van der Waals surface area (Å²) < 4.78 is 41.3. The van der Waals surface area contributed by atoms with Crippen molar-refractivity contribution in [1.82, 2.24) is 14.8 Å². The average Bonchev–Trinajstić information content (AvgIpc) is 2.87. The molecule has 124 valence electrons. The normalized spacial score (nSPS) is 11.8. The summed E-state index contributed by atoms with van der Waals surface area (Å²) in [6, 6.07) is 5.54. The van der Waals surface area contributed by atoms with E-state index in [9.17, 15) is 18.0 Å². The second-order valence-corrected chi connectivity index (χ2v) is 6.05. The molecule has 0 saturated heterocycles. The first-order valence-electron chi connectivity index (χ1n) is 6.50. The van der Waals surface area contributed by atoms with E-state index in [0.29, 0.717) is 3.57 Å². The maximum absolute atomic E-state index is 13.3. The fraction of sp³-hybridized carbons (Fsp3) is 0.0714. The first kappa shape index (κ1) is 16.5. The number of primary amides is 1. The second-order valence-electron chi connectivity index (χ2n) is 4.89. The minimum absolute atomic E-state index is 0.0421. The van der Waals surface area contributed by atoms with Crippen molar-refractivity contribution in [3.05, 3.63) is 45.3 Å². The zero-order valence-corrected chi connectivity index (χ0v) is 14.0. The Morgan fingerprint density at radius 3 is 2.54 bits per heavy atom. The maximum atomic E-state index is 13.3. The lowest BCUT2D eigenvalue weighted by Gasteiger charge is -2.07. The average molecular weight is 447 g/mol. The Balaban J connectivity index is 2.30. The van der Waals surface area contributed by atoms with Gasteiger partial charge in [0.2, 0.25) is 0 Å². The van der Waals surface area contributed by atoms with E-state index in [1.165, 1.54) is 30.5 Å². The molecule has 10 heteroatoms. The van der Waals surface area contributed by atoms with Crippen molar-refractivity contribution in [3.63, 3.8) is 0 Å². The van der Waals surface area contributed by atoms with Gasteiger partial charge in [0.05, 0.1) is 16.6 Å². The Morgan fingerprint density at radius 1 is 1.25 bits per heavy atom. The van der Waals surface area contributed by atoms with E-state index < -0.39 is 17.8 Å². The van der Waals surface area contributed by atoms with E-state index in [1.54, 1.807) is 22.6 Å². The first-order valence-corrected chi connectivity index (χ1v) is 7.58. The number of carbonyl (C=O) groups is 1. The predicted molar refractivity (Wildman–Crippen MR) is 89.5 cm³/mol. The van der Waals surface area contributed by atoms with Crippen molar-refractivity contribution in [2.45, 2.75) is 6.18 Å². The molecule has 2 aromatic heterocycles. The predicted octanol–water partition coefficient (Wildman–Crippen LogP) is 2.72. The molecule has 0 fully saturated rings.